The van der Waals surface area contributed by atoms with Gasteiger partial charge in [0.15, 0.2) is 0 Å². The first kappa shape index (κ1) is 6.36. The number of hydrogen-bond donors (Lipinski definition) is 0. The van der Waals surface area contributed by atoms with Crippen molar-refractivity contribution in [3.63, 3.8) is 0 Å². The number of nitrogens with zero attached hydrogens (tertiary/aromatic N) is 4. The molecule has 0 N–H and O–H groups in total. The summed E-state index contributed by atoms with van der Waals surface area (Å²) in [5, 5.41) is 13.3. The zero-order valence-corrected chi connectivity index (χ0v) is 6.32. The molecule has 0 bridgehead atoms. The van der Waals surface area contributed by atoms with E-state index >= 15 is 0 Å². The zero-order chi connectivity index (χ0) is 7.52. The standard InChI is InChI=1S/C6H4N4S/c1-2-5(8-7-3-1)6-4-11-10-9-6/h1-4H. The highest BCUT2D eigenvalue weighted by Crippen LogP contribution is 2.11. The summed E-state index contributed by atoms with van der Waals surface area (Å²) in [6, 6.07) is 3.67. The molecule has 0 aliphatic carbocycles. The van der Waals surface area contributed by atoms with Crippen molar-refractivity contribution in [3.8, 4) is 11.4 Å². The second-order valence-electron chi connectivity index (χ2n) is 1.90. The first-order valence-electron chi connectivity index (χ1n) is 3.02. The molecule has 2 rings (SSSR count). The molecule has 0 radical (unpaired) electrons. The van der Waals surface area contributed by atoms with E-state index in [9.17, 15) is 0 Å². The lowest BCUT2D eigenvalue weighted by atomic mass is 10.3. The molecule has 0 aliphatic heterocycles. The average molecular weight is 164 g/mol. The van der Waals surface area contributed by atoms with Gasteiger partial charge in [0, 0.05) is 11.6 Å². The monoisotopic (exact) mass is 164 g/mol. The lowest BCUT2D eigenvalue weighted by Gasteiger charge is -1.88. The predicted octanol–water partition coefficient (Wildman–Crippen LogP) is 0.995. The van der Waals surface area contributed by atoms with E-state index in [1.165, 1.54) is 11.5 Å². The van der Waals surface area contributed by atoms with Gasteiger partial charge in [-0.2, -0.15) is 5.10 Å². The van der Waals surface area contributed by atoms with Crippen molar-refractivity contribution >= 4 is 11.5 Å². The van der Waals surface area contributed by atoms with Crippen molar-refractivity contribution in [1.82, 2.24) is 19.8 Å². The van der Waals surface area contributed by atoms with Crippen LogP contribution < -0.4 is 0 Å². The molecule has 0 amide bonds. The van der Waals surface area contributed by atoms with Crippen molar-refractivity contribution in [3.05, 3.63) is 23.7 Å². The molecule has 0 atom stereocenters. The maximum absolute atomic E-state index is 3.88. The van der Waals surface area contributed by atoms with Crippen LogP contribution in [0.4, 0.5) is 0 Å². The molecule has 11 heavy (non-hydrogen) atoms. The minimum absolute atomic E-state index is 0.765. The summed E-state index contributed by atoms with van der Waals surface area (Å²) in [7, 11) is 0. The maximum Gasteiger partial charge on any atom is 0.126 e. The lowest BCUT2D eigenvalue weighted by Crippen LogP contribution is -1.84. The molecule has 2 aromatic rings. The van der Waals surface area contributed by atoms with Gasteiger partial charge in [-0.1, -0.05) is 4.49 Å². The Morgan fingerprint density at radius 3 is 2.82 bits per heavy atom. The fraction of sp³-hybridized carbons (Fsp3) is 0. The van der Waals surface area contributed by atoms with E-state index in [1.807, 2.05) is 17.5 Å². The maximum atomic E-state index is 3.88. The van der Waals surface area contributed by atoms with Gasteiger partial charge in [0.1, 0.15) is 11.4 Å². The zero-order valence-electron chi connectivity index (χ0n) is 5.51. The van der Waals surface area contributed by atoms with E-state index in [2.05, 4.69) is 19.8 Å². The normalized spacial score (nSPS) is 9.82. The van der Waals surface area contributed by atoms with Gasteiger partial charge < -0.3 is 0 Å². The van der Waals surface area contributed by atoms with Gasteiger partial charge in [0.05, 0.1) is 0 Å². The largest absolute Gasteiger partial charge is 0.158 e. The summed E-state index contributed by atoms with van der Waals surface area (Å²) >= 11 is 1.31. The molecule has 0 aromatic carbocycles. The molecule has 0 aliphatic rings. The van der Waals surface area contributed by atoms with Crippen molar-refractivity contribution in [1.29, 1.82) is 0 Å². The van der Waals surface area contributed by atoms with E-state index in [1.54, 1.807) is 6.20 Å². The van der Waals surface area contributed by atoms with E-state index in [-0.39, 0.29) is 0 Å². The predicted molar refractivity (Wildman–Crippen MR) is 40.9 cm³/mol. The summed E-state index contributed by atoms with van der Waals surface area (Å²) in [4.78, 5) is 0. The summed E-state index contributed by atoms with van der Waals surface area (Å²) in [6.07, 6.45) is 1.63. The van der Waals surface area contributed by atoms with Crippen LogP contribution in [0.3, 0.4) is 0 Å². The van der Waals surface area contributed by atoms with E-state index in [0.717, 1.165) is 11.4 Å². The topological polar surface area (TPSA) is 51.6 Å². The molecule has 2 heterocycles. The molecule has 54 valence electrons. The average Bonchev–Trinajstić information content (AvgIpc) is 2.58. The van der Waals surface area contributed by atoms with Crippen LogP contribution in [0, 0.1) is 0 Å². The van der Waals surface area contributed by atoms with Crippen LogP contribution in [0.2, 0.25) is 0 Å². The van der Waals surface area contributed by atoms with Gasteiger partial charge >= 0.3 is 0 Å². The Morgan fingerprint density at radius 1 is 1.18 bits per heavy atom. The fourth-order valence-electron chi connectivity index (χ4n) is 0.714. The molecular formula is C6H4N4S. The summed E-state index contributed by atoms with van der Waals surface area (Å²) in [5.41, 5.74) is 1.55. The lowest BCUT2D eigenvalue weighted by molar-refractivity contribution is 1.02. The summed E-state index contributed by atoms with van der Waals surface area (Å²) in [6.45, 7) is 0. The molecule has 0 fully saturated rings. The number of hydrogen-bond acceptors (Lipinski definition) is 5. The smallest absolute Gasteiger partial charge is 0.126 e. The summed E-state index contributed by atoms with van der Waals surface area (Å²) < 4.78 is 3.72. The number of rotatable bonds is 1. The Kier molecular flexibility index (Phi) is 1.57. The van der Waals surface area contributed by atoms with Gasteiger partial charge in [-0.25, -0.2) is 0 Å². The molecule has 2 aromatic heterocycles. The molecular weight excluding hydrogens is 160 g/mol. The first-order chi connectivity index (χ1) is 5.47. The Balaban J connectivity index is 2.46. The Labute approximate surface area is 67.1 Å². The highest BCUT2D eigenvalue weighted by molar-refractivity contribution is 7.03. The van der Waals surface area contributed by atoms with Crippen LogP contribution in [0.1, 0.15) is 0 Å². The van der Waals surface area contributed by atoms with E-state index < -0.39 is 0 Å². The first-order valence-corrected chi connectivity index (χ1v) is 3.85. The number of aromatic nitrogens is 4. The van der Waals surface area contributed by atoms with Gasteiger partial charge in [0.2, 0.25) is 0 Å². The second kappa shape index (κ2) is 2.71. The molecule has 0 saturated heterocycles. The Morgan fingerprint density at radius 2 is 2.18 bits per heavy atom. The second-order valence-corrected chi connectivity index (χ2v) is 2.51. The van der Waals surface area contributed by atoms with E-state index in [0.29, 0.717) is 0 Å². The van der Waals surface area contributed by atoms with Crippen molar-refractivity contribution < 1.29 is 0 Å². The fourth-order valence-corrected chi connectivity index (χ4v) is 1.16. The third-order valence-electron chi connectivity index (χ3n) is 1.19. The minimum atomic E-state index is 0.765. The van der Waals surface area contributed by atoms with Crippen LogP contribution in [0.15, 0.2) is 23.7 Å². The third-order valence-corrected chi connectivity index (χ3v) is 1.70. The highest BCUT2D eigenvalue weighted by atomic mass is 32.1. The van der Waals surface area contributed by atoms with Gasteiger partial charge in [-0.05, 0) is 23.7 Å². The Bertz CT molecular complexity index is 318. The molecule has 4 nitrogen and oxygen atoms in total. The quantitative estimate of drug-likeness (QED) is 0.630. The van der Waals surface area contributed by atoms with Crippen LogP contribution in [-0.4, -0.2) is 19.8 Å². The highest BCUT2D eigenvalue weighted by Gasteiger charge is 1.99. The minimum Gasteiger partial charge on any atom is -0.158 e. The Hall–Kier alpha value is -1.36. The van der Waals surface area contributed by atoms with Gasteiger partial charge in [-0.15, -0.1) is 10.2 Å². The molecule has 0 spiro atoms. The van der Waals surface area contributed by atoms with Crippen molar-refractivity contribution in [2.75, 3.05) is 0 Å². The summed E-state index contributed by atoms with van der Waals surface area (Å²) in [5.74, 6) is 0. The molecule has 5 heteroatoms. The SMILES string of the molecule is c1cnnc(-c2csnn2)c1. The molecule has 0 saturated carbocycles. The molecule has 0 unspecified atom stereocenters. The van der Waals surface area contributed by atoms with Crippen LogP contribution >= 0.6 is 11.5 Å². The van der Waals surface area contributed by atoms with E-state index in [4.69, 9.17) is 0 Å². The van der Waals surface area contributed by atoms with Crippen LogP contribution in [0.5, 0.6) is 0 Å². The van der Waals surface area contributed by atoms with Crippen molar-refractivity contribution in [2.24, 2.45) is 0 Å². The van der Waals surface area contributed by atoms with Gasteiger partial charge in [-0.3, -0.25) is 0 Å². The van der Waals surface area contributed by atoms with Crippen molar-refractivity contribution in [2.45, 2.75) is 0 Å². The third kappa shape index (κ3) is 1.22. The van der Waals surface area contributed by atoms with Crippen LogP contribution in [0.25, 0.3) is 11.4 Å². The van der Waals surface area contributed by atoms with Gasteiger partial charge in [0.25, 0.3) is 0 Å². The van der Waals surface area contributed by atoms with Crippen LogP contribution in [-0.2, 0) is 0 Å².